The molecule has 0 radical (unpaired) electrons. The second-order valence-electron chi connectivity index (χ2n) is 3.80. The first-order valence-corrected chi connectivity index (χ1v) is 5.21. The minimum Gasteiger partial charge on any atom is -0.389 e. The number of hydrogen-bond acceptors (Lipinski definition) is 2. The highest BCUT2D eigenvalue weighted by molar-refractivity contribution is 5.07. The lowest BCUT2D eigenvalue weighted by molar-refractivity contribution is 0.0295. The molecule has 1 saturated heterocycles. The van der Waals surface area contributed by atoms with Crippen LogP contribution in [0.5, 0.6) is 0 Å². The van der Waals surface area contributed by atoms with Crippen LogP contribution < -0.4 is 0 Å². The number of ether oxygens (including phenoxy) is 1. The fraction of sp³-hybridized carbons (Fsp3) is 0.818. The van der Waals surface area contributed by atoms with Gasteiger partial charge in [-0.3, -0.25) is 0 Å². The highest BCUT2D eigenvalue weighted by Crippen LogP contribution is 2.22. The normalized spacial score (nSPS) is 29.2. The van der Waals surface area contributed by atoms with E-state index in [0.717, 1.165) is 25.9 Å². The third-order valence-electron chi connectivity index (χ3n) is 2.35. The van der Waals surface area contributed by atoms with Gasteiger partial charge in [-0.05, 0) is 26.2 Å². The van der Waals surface area contributed by atoms with E-state index >= 15 is 0 Å². The van der Waals surface area contributed by atoms with Crippen LogP contribution in [0.15, 0.2) is 11.6 Å². The van der Waals surface area contributed by atoms with Crippen LogP contribution in [0, 0.1) is 0 Å². The van der Waals surface area contributed by atoms with Gasteiger partial charge < -0.3 is 9.84 Å². The van der Waals surface area contributed by atoms with Gasteiger partial charge in [-0.1, -0.05) is 25.0 Å². The summed E-state index contributed by atoms with van der Waals surface area (Å²) in [5.74, 6) is 0. The molecular formula is C11H20O2. The molecule has 13 heavy (non-hydrogen) atoms. The van der Waals surface area contributed by atoms with Gasteiger partial charge in [0.2, 0.25) is 0 Å². The summed E-state index contributed by atoms with van der Waals surface area (Å²) in [7, 11) is 0. The highest BCUT2D eigenvalue weighted by Gasteiger charge is 2.16. The van der Waals surface area contributed by atoms with E-state index in [9.17, 15) is 5.11 Å². The Morgan fingerprint density at radius 2 is 2.46 bits per heavy atom. The Labute approximate surface area is 80.6 Å². The molecule has 0 aromatic carbocycles. The Hall–Kier alpha value is -0.340. The van der Waals surface area contributed by atoms with Crippen LogP contribution >= 0.6 is 0 Å². The maximum absolute atomic E-state index is 9.20. The minimum absolute atomic E-state index is 0.310. The third kappa shape index (κ3) is 3.92. The van der Waals surface area contributed by atoms with Gasteiger partial charge >= 0.3 is 0 Å². The van der Waals surface area contributed by atoms with Gasteiger partial charge in [0.15, 0.2) is 0 Å². The Bertz CT molecular complexity index is 171. The quantitative estimate of drug-likeness (QED) is 0.682. The topological polar surface area (TPSA) is 29.5 Å². The molecule has 2 nitrogen and oxygen atoms in total. The van der Waals surface area contributed by atoms with Gasteiger partial charge in [0.05, 0.1) is 18.8 Å². The van der Waals surface area contributed by atoms with Crippen LogP contribution in [0.25, 0.3) is 0 Å². The van der Waals surface area contributed by atoms with E-state index in [0.29, 0.717) is 6.10 Å². The molecule has 2 unspecified atom stereocenters. The van der Waals surface area contributed by atoms with Gasteiger partial charge in [-0.25, -0.2) is 0 Å². The van der Waals surface area contributed by atoms with Gasteiger partial charge in [-0.15, -0.1) is 0 Å². The van der Waals surface area contributed by atoms with Crippen molar-refractivity contribution in [3.63, 3.8) is 0 Å². The largest absolute Gasteiger partial charge is 0.389 e. The fourth-order valence-electron chi connectivity index (χ4n) is 1.81. The summed E-state index contributed by atoms with van der Waals surface area (Å²) in [6.45, 7) is 4.80. The zero-order valence-corrected chi connectivity index (χ0v) is 8.62. The predicted molar refractivity (Wildman–Crippen MR) is 53.6 cm³/mol. The van der Waals surface area contributed by atoms with Crippen molar-refractivity contribution in [2.24, 2.45) is 0 Å². The van der Waals surface area contributed by atoms with E-state index in [-0.39, 0.29) is 6.10 Å². The van der Waals surface area contributed by atoms with Crippen LogP contribution in [0.3, 0.4) is 0 Å². The molecule has 1 rings (SSSR count). The van der Waals surface area contributed by atoms with Crippen molar-refractivity contribution in [3.05, 3.63) is 11.6 Å². The first kappa shape index (κ1) is 10.7. The predicted octanol–water partition coefficient (Wildman–Crippen LogP) is 2.27. The molecule has 0 spiro atoms. The van der Waals surface area contributed by atoms with Crippen LogP contribution in [0.4, 0.5) is 0 Å². The Morgan fingerprint density at radius 3 is 3.08 bits per heavy atom. The van der Waals surface area contributed by atoms with Crippen LogP contribution in [-0.2, 0) is 4.74 Å². The monoisotopic (exact) mass is 184 g/mol. The van der Waals surface area contributed by atoms with Crippen molar-refractivity contribution < 1.29 is 9.84 Å². The standard InChI is InChI=1S/C11H20O2/c1-3-4-11-8-10(5-6-13-11)7-9(2)12/h7,9,11-12H,3-6,8H2,1-2H3/b10-7+. The zero-order chi connectivity index (χ0) is 9.68. The van der Waals surface area contributed by atoms with E-state index in [4.69, 9.17) is 4.74 Å². The molecule has 1 aliphatic rings. The molecule has 0 aromatic rings. The maximum Gasteiger partial charge on any atom is 0.0695 e. The van der Waals surface area contributed by atoms with Crippen molar-refractivity contribution in [2.75, 3.05) is 6.61 Å². The van der Waals surface area contributed by atoms with Crippen molar-refractivity contribution in [2.45, 2.75) is 51.7 Å². The van der Waals surface area contributed by atoms with Gasteiger partial charge in [0.25, 0.3) is 0 Å². The molecule has 1 fully saturated rings. The molecule has 0 aromatic heterocycles. The first-order valence-electron chi connectivity index (χ1n) is 5.21. The van der Waals surface area contributed by atoms with Gasteiger partial charge in [-0.2, -0.15) is 0 Å². The van der Waals surface area contributed by atoms with Gasteiger partial charge in [0.1, 0.15) is 0 Å². The molecule has 0 bridgehead atoms. The second-order valence-corrected chi connectivity index (χ2v) is 3.80. The van der Waals surface area contributed by atoms with E-state index in [1.54, 1.807) is 6.92 Å². The summed E-state index contributed by atoms with van der Waals surface area (Å²) in [5, 5.41) is 9.20. The van der Waals surface area contributed by atoms with Gasteiger partial charge in [0, 0.05) is 0 Å². The Balaban J connectivity index is 2.41. The molecule has 0 aliphatic carbocycles. The lowest BCUT2D eigenvalue weighted by Gasteiger charge is -2.25. The van der Waals surface area contributed by atoms with Crippen molar-refractivity contribution in [1.29, 1.82) is 0 Å². The highest BCUT2D eigenvalue weighted by atomic mass is 16.5. The molecule has 1 N–H and O–H groups in total. The summed E-state index contributed by atoms with van der Waals surface area (Å²) < 4.78 is 5.61. The Kier molecular flexibility index (Phi) is 4.46. The average Bonchev–Trinajstić information content (AvgIpc) is 2.04. The molecule has 76 valence electrons. The zero-order valence-electron chi connectivity index (χ0n) is 8.62. The maximum atomic E-state index is 9.20. The summed E-state index contributed by atoms with van der Waals surface area (Å²) in [6.07, 6.45) is 6.36. The van der Waals surface area contributed by atoms with Crippen LogP contribution in [0.1, 0.15) is 39.5 Å². The summed E-state index contributed by atoms with van der Waals surface area (Å²) in [4.78, 5) is 0. The molecule has 1 aliphatic heterocycles. The number of aliphatic hydroxyl groups excluding tert-OH is 1. The molecular weight excluding hydrogens is 164 g/mol. The average molecular weight is 184 g/mol. The third-order valence-corrected chi connectivity index (χ3v) is 2.35. The summed E-state index contributed by atoms with van der Waals surface area (Å²) in [5.41, 5.74) is 1.36. The van der Waals surface area contributed by atoms with Crippen LogP contribution in [0.2, 0.25) is 0 Å². The van der Waals surface area contributed by atoms with Crippen molar-refractivity contribution in [3.8, 4) is 0 Å². The molecule has 2 heteroatoms. The number of rotatable bonds is 3. The SMILES string of the molecule is CCCC1C/C(=C/C(C)O)CCO1. The van der Waals surface area contributed by atoms with E-state index < -0.39 is 0 Å². The fourth-order valence-corrected chi connectivity index (χ4v) is 1.81. The Morgan fingerprint density at radius 1 is 1.69 bits per heavy atom. The van der Waals surface area contributed by atoms with E-state index in [2.05, 4.69) is 6.92 Å². The minimum atomic E-state index is -0.310. The molecule has 0 saturated carbocycles. The van der Waals surface area contributed by atoms with E-state index in [1.165, 1.54) is 12.0 Å². The van der Waals surface area contributed by atoms with Crippen molar-refractivity contribution in [1.82, 2.24) is 0 Å². The smallest absolute Gasteiger partial charge is 0.0695 e. The number of hydrogen-bond donors (Lipinski definition) is 1. The lowest BCUT2D eigenvalue weighted by atomic mass is 9.98. The molecule has 0 amide bonds. The second kappa shape index (κ2) is 5.40. The van der Waals surface area contributed by atoms with E-state index in [1.807, 2.05) is 6.08 Å². The molecule has 2 atom stereocenters. The number of aliphatic hydroxyl groups is 1. The van der Waals surface area contributed by atoms with Crippen LogP contribution in [-0.4, -0.2) is 23.9 Å². The van der Waals surface area contributed by atoms with Crippen molar-refractivity contribution >= 4 is 0 Å². The summed E-state index contributed by atoms with van der Waals surface area (Å²) >= 11 is 0. The molecule has 1 heterocycles. The summed E-state index contributed by atoms with van der Waals surface area (Å²) in [6, 6.07) is 0. The first-order chi connectivity index (χ1) is 6.22. The lowest BCUT2D eigenvalue weighted by Crippen LogP contribution is -2.21.